The van der Waals surface area contributed by atoms with Crippen LogP contribution in [0.15, 0.2) is 36.8 Å². The largest absolute Gasteiger partial charge is 0.448 e. The number of aromatic nitrogens is 7. The van der Waals surface area contributed by atoms with Crippen LogP contribution in [0.25, 0.3) is 33.5 Å². The highest BCUT2D eigenvalue weighted by molar-refractivity contribution is 14.1. The third-order valence-electron chi connectivity index (χ3n) is 5.54. The molecular weight excluding hydrogens is 551 g/mol. The summed E-state index contributed by atoms with van der Waals surface area (Å²) in [5.74, 6) is 0. The molecule has 5 heterocycles. The predicted octanol–water partition coefficient (Wildman–Crippen LogP) is 3.41. The summed E-state index contributed by atoms with van der Waals surface area (Å²) in [5, 5.41) is 15.4. The van der Waals surface area contributed by atoms with Gasteiger partial charge in [0.15, 0.2) is 0 Å². The molecule has 0 spiro atoms. The molecule has 1 amide bonds. The number of alkyl carbamates (subject to hydrolysis) is 1. The maximum absolute atomic E-state index is 11.2. The summed E-state index contributed by atoms with van der Waals surface area (Å²) < 4.78 is 15.3. The van der Waals surface area contributed by atoms with E-state index in [0.29, 0.717) is 12.2 Å². The van der Waals surface area contributed by atoms with Crippen LogP contribution in [0.3, 0.4) is 0 Å². The van der Waals surface area contributed by atoms with Crippen molar-refractivity contribution in [2.45, 2.75) is 32.0 Å². The monoisotopic (exact) mass is 574 g/mol. The maximum atomic E-state index is 11.2. The van der Waals surface area contributed by atoms with Crippen LogP contribution in [0.1, 0.15) is 25.5 Å². The molecule has 4 aromatic rings. The molecule has 1 aliphatic rings. The van der Waals surface area contributed by atoms with Crippen molar-refractivity contribution >= 4 is 39.7 Å². The number of halogens is 1. The second-order valence-electron chi connectivity index (χ2n) is 7.85. The van der Waals surface area contributed by atoms with Crippen molar-refractivity contribution in [1.82, 2.24) is 40.1 Å². The summed E-state index contributed by atoms with van der Waals surface area (Å²) in [6, 6.07) is 5.87. The molecule has 1 atom stereocenters. The van der Waals surface area contributed by atoms with Gasteiger partial charge in [-0.15, -0.1) is 5.10 Å². The van der Waals surface area contributed by atoms with Gasteiger partial charge in [0.1, 0.15) is 22.2 Å². The number of pyridine rings is 2. The Morgan fingerprint density at radius 1 is 1.26 bits per heavy atom. The van der Waals surface area contributed by atoms with Crippen LogP contribution in [-0.4, -0.2) is 61.1 Å². The third kappa shape index (κ3) is 4.87. The molecule has 1 N–H and O–H groups in total. The first-order valence-electron chi connectivity index (χ1n) is 11.0. The zero-order valence-electron chi connectivity index (χ0n) is 18.5. The molecule has 0 saturated carbocycles. The highest BCUT2D eigenvalue weighted by Crippen LogP contribution is 2.29. The Kier molecular flexibility index (Phi) is 6.67. The van der Waals surface area contributed by atoms with E-state index in [0.717, 1.165) is 57.4 Å². The summed E-state index contributed by atoms with van der Waals surface area (Å²) in [6.07, 6.45) is 8.26. The number of carbonyl (C=O) groups is 1. The fraction of sp³-hybridized carbons (Fsp3) is 0.364. The third-order valence-corrected chi connectivity index (χ3v) is 6.34. The zero-order chi connectivity index (χ0) is 23.5. The molecular formula is C22H23IN8O3. The molecule has 12 heteroatoms. The van der Waals surface area contributed by atoms with Crippen molar-refractivity contribution in [3.05, 3.63) is 40.5 Å². The SMILES string of the molecule is CNC(=O)OCCn1cc(-c2cnc3ccc(-c4cn(C5CCCCO5)nc4I)nc3c2)nn1. The van der Waals surface area contributed by atoms with Crippen molar-refractivity contribution < 1.29 is 14.3 Å². The van der Waals surface area contributed by atoms with Crippen LogP contribution in [0, 0.1) is 3.70 Å². The number of hydrogen-bond acceptors (Lipinski definition) is 8. The number of amides is 1. The molecule has 11 nitrogen and oxygen atoms in total. The fourth-order valence-corrected chi connectivity index (χ4v) is 4.43. The molecule has 0 aliphatic carbocycles. The van der Waals surface area contributed by atoms with Crippen molar-refractivity contribution in [2.75, 3.05) is 20.3 Å². The summed E-state index contributed by atoms with van der Waals surface area (Å²) >= 11 is 2.24. The molecule has 4 aromatic heterocycles. The number of hydrogen-bond donors (Lipinski definition) is 1. The highest BCUT2D eigenvalue weighted by Gasteiger charge is 2.20. The van der Waals surface area contributed by atoms with Crippen molar-refractivity contribution in [1.29, 1.82) is 0 Å². The van der Waals surface area contributed by atoms with E-state index in [1.54, 1.807) is 17.1 Å². The lowest BCUT2D eigenvalue weighted by atomic mass is 10.1. The van der Waals surface area contributed by atoms with E-state index in [1.807, 2.05) is 29.1 Å². The minimum absolute atomic E-state index is 0.0193. The number of ether oxygens (including phenoxy) is 2. The first-order valence-corrected chi connectivity index (χ1v) is 12.1. The molecule has 0 bridgehead atoms. The average Bonchev–Trinajstić information content (AvgIpc) is 3.50. The van der Waals surface area contributed by atoms with E-state index in [1.165, 1.54) is 7.05 Å². The van der Waals surface area contributed by atoms with Gasteiger partial charge in [0, 0.05) is 31.6 Å². The van der Waals surface area contributed by atoms with Gasteiger partial charge >= 0.3 is 6.09 Å². The topological polar surface area (TPSA) is 122 Å². The lowest BCUT2D eigenvalue weighted by Gasteiger charge is -2.22. The van der Waals surface area contributed by atoms with Gasteiger partial charge in [0.05, 0.1) is 35.0 Å². The molecule has 0 aromatic carbocycles. The average molecular weight is 574 g/mol. The van der Waals surface area contributed by atoms with Crippen LogP contribution in [-0.2, 0) is 16.0 Å². The molecule has 0 radical (unpaired) electrons. The van der Waals surface area contributed by atoms with Gasteiger partial charge in [0.2, 0.25) is 0 Å². The van der Waals surface area contributed by atoms with Crippen LogP contribution in [0.2, 0.25) is 0 Å². The molecule has 1 aliphatic heterocycles. The van der Waals surface area contributed by atoms with Gasteiger partial charge in [-0.25, -0.2) is 19.1 Å². The Morgan fingerprint density at radius 2 is 2.18 bits per heavy atom. The number of nitrogens with one attached hydrogen (secondary N) is 1. The first-order chi connectivity index (χ1) is 16.6. The van der Waals surface area contributed by atoms with E-state index in [4.69, 9.17) is 14.5 Å². The lowest BCUT2D eigenvalue weighted by molar-refractivity contribution is -0.0396. The minimum Gasteiger partial charge on any atom is -0.448 e. The predicted molar refractivity (Wildman–Crippen MR) is 132 cm³/mol. The second kappa shape index (κ2) is 10.0. The smallest absolute Gasteiger partial charge is 0.406 e. The second-order valence-corrected chi connectivity index (χ2v) is 8.87. The number of carbonyl (C=O) groups excluding carboxylic acids is 1. The van der Waals surface area contributed by atoms with Gasteiger partial charge in [-0.1, -0.05) is 5.21 Å². The van der Waals surface area contributed by atoms with Crippen molar-refractivity contribution in [3.8, 4) is 22.5 Å². The Bertz CT molecular complexity index is 1310. The summed E-state index contributed by atoms with van der Waals surface area (Å²) in [6.45, 7) is 1.36. The van der Waals surface area contributed by atoms with Crippen LogP contribution < -0.4 is 5.32 Å². The van der Waals surface area contributed by atoms with Crippen LogP contribution in [0.4, 0.5) is 4.79 Å². The standard InChI is InChI=1S/C22H23IN8O3/c1-24-22(32)34-9-7-30-13-19(27-29-30)14-10-18-17(25-11-14)6-5-16(26-18)15-12-31(28-21(15)23)20-4-2-3-8-33-20/h5-6,10-13,20H,2-4,7-9H2,1H3,(H,24,32). The number of rotatable bonds is 6. The highest BCUT2D eigenvalue weighted by atomic mass is 127. The maximum Gasteiger partial charge on any atom is 0.406 e. The van der Waals surface area contributed by atoms with Gasteiger partial charge in [0.25, 0.3) is 0 Å². The van der Waals surface area contributed by atoms with Crippen LogP contribution >= 0.6 is 22.6 Å². The Labute approximate surface area is 209 Å². The van der Waals surface area contributed by atoms with E-state index < -0.39 is 6.09 Å². The summed E-state index contributed by atoms with van der Waals surface area (Å²) in [4.78, 5) is 20.6. The van der Waals surface area contributed by atoms with E-state index in [9.17, 15) is 4.79 Å². The number of nitrogens with zero attached hydrogens (tertiary/aromatic N) is 7. The zero-order valence-corrected chi connectivity index (χ0v) is 20.7. The number of fused-ring (bicyclic) bond motifs is 1. The lowest BCUT2D eigenvalue weighted by Crippen LogP contribution is -2.21. The van der Waals surface area contributed by atoms with Crippen LogP contribution in [0.5, 0.6) is 0 Å². The summed E-state index contributed by atoms with van der Waals surface area (Å²) in [7, 11) is 1.51. The first kappa shape index (κ1) is 22.7. The summed E-state index contributed by atoms with van der Waals surface area (Å²) in [5.41, 5.74) is 4.80. The van der Waals surface area contributed by atoms with Crippen molar-refractivity contribution in [3.63, 3.8) is 0 Å². The molecule has 176 valence electrons. The molecule has 34 heavy (non-hydrogen) atoms. The Balaban J connectivity index is 1.37. The normalized spacial score (nSPS) is 16.0. The molecule has 1 saturated heterocycles. The van der Waals surface area contributed by atoms with Crippen molar-refractivity contribution in [2.24, 2.45) is 0 Å². The Morgan fingerprint density at radius 3 is 3.00 bits per heavy atom. The molecule has 5 rings (SSSR count). The van der Waals surface area contributed by atoms with Gasteiger partial charge < -0.3 is 14.8 Å². The van der Waals surface area contributed by atoms with E-state index >= 15 is 0 Å². The van der Waals surface area contributed by atoms with Gasteiger partial charge in [-0.3, -0.25) is 4.98 Å². The quantitative estimate of drug-likeness (QED) is 0.348. The molecule has 1 unspecified atom stereocenters. The van der Waals surface area contributed by atoms with E-state index in [2.05, 4.69) is 48.3 Å². The van der Waals surface area contributed by atoms with Gasteiger partial charge in [-0.2, -0.15) is 5.10 Å². The Hall–Kier alpha value is -3.13. The fourth-order valence-electron chi connectivity index (χ4n) is 3.76. The minimum atomic E-state index is -0.479. The van der Waals surface area contributed by atoms with Gasteiger partial charge in [-0.05, 0) is 60.1 Å². The molecule has 1 fully saturated rings. The van der Waals surface area contributed by atoms with E-state index in [-0.39, 0.29) is 12.8 Å².